The molecule has 8 aromatic rings. The summed E-state index contributed by atoms with van der Waals surface area (Å²) in [4.78, 5) is 0. The van der Waals surface area contributed by atoms with Gasteiger partial charge in [-0.1, -0.05) is 133 Å². The van der Waals surface area contributed by atoms with Crippen molar-refractivity contribution in [3.8, 4) is 45.0 Å². The van der Waals surface area contributed by atoms with Gasteiger partial charge in [0.15, 0.2) is 24.8 Å². The molecule has 77 heavy (non-hydrogen) atoms. The molecule has 406 valence electrons. The van der Waals surface area contributed by atoms with Crippen LogP contribution in [0.15, 0.2) is 140 Å². The zero-order chi connectivity index (χ0) is 75.9. The molecule has 0 aliphatic carbocycles. The molecule has 0 bridgehead atoms. The Morgan fingerprint density at radius 2 is 0.818 bits per heavy atom. The molecular formula is C73H98N4+4. The summed E-state index contributed by atoms with van der Waals surface area (Å²) < 4.78 is 179. The van der Waals surface area contributed by atoms with Crippen LogP contribution in [0.2, 0.25) is 0 Å². The lowest BCUT2D eigenvalue weighted by Gasteiger charge is -2.18. The van der Waals surface area contributed by atoms with E-state index in [2.05, 4.69) is 0 Å². The first-order valence-corrected chi connectivity index (χ1v) is 26.3. The Morgan fingerprint density at radius 1 is 0.429 bits per heavy atom. The fraction of sp³-hybridized carbons (Fsp3) is 0.397. The fourth-order valence-electron chi connectivity index (χ4n) is 9.13. The van der Waals surface area contributed by atoms with Gasteiger partial charge >= 0.3 is 0 Å². The lowest BCUT2D eigenvalue weighted by molar-refractivity contribution is -0.661. The maximum atomic E-state index is 8.50. The van der Waals surface area contributed by atoms with Gasteiger partial charge in [-0.25, -0.2) is 18.3 Å². The van der Waals surface area contributed by atoms with E-state index in [1.807, 2.05) is 172 Å². The van der Waals surface area contributed by atoms with Gasteiger partial charge in [0.05, 0.1) is 0 Å². The van der Waals surface area contributed by atoms with Crippen molar-refractivity contribution in [2.24, 2.45) is 45.4 Å². The molecule has 4 nitrogen and oxygen atoms in total. The van der Waals surface area contributed by atoms with Crippen LogP contribution in [0.1, 0.15) is 171 Å². The first-order valence-electron chi connectivity index (χ1n) is 37.3. The topological polar surface area (TPSA) is 15.5 Å². The minimum Gasteiger partial charge on any atom is -0.201 e. The van der Waals surface area contributed by atoms with E-state index in [1.165, 1.54) is 6.92 Å². The van der Waals surface area contributed by atoms with Crippen molar-refractivity contribution in [1.29, 1.82) is 0 Å². The molecule has 0 saturated carbocycles. The summed E-state index contributed by atoms with van der Waals surface area (Å²) in [6.07, 6.45) is 2.90. The lowest BCUT2D eigenvalue weighted by atomic mass is 9.88. The third-order valence-electron chi connectivity index (χ3n) is 12.8. The molecule has 4 heteroatoms. The molecule has 0 fully saturated rings. The van der Waals surface area contributed by atoms with E-state index in [9.17, 15) is 0 Å². The molecule has 0 aliphatic heterocycles. The zero-order valence-electron chi connectivity index (χ0n) is 70.7. The molecule has 0 N–H and O–H groups in total. The van der Waals surface area contributed by atoms with Gasteiger partial charge in [-0.05, 0) is 174 Å². The van der Waals surface area contributed by atoms with E-state index in [-0.39, 0.29) is 17.4 Å². The summed E-state index contributed by atoms with van der Waals surface area (Å²) in [6, 6.07) is 33.3. The SMILES string of the molecule is [2H]C([2H])([2H])c1ccc(-c2cc(C([2H])([2H])C(C)(C)C)cc[n+]2C)c(C)c1.[2H]C([2H])([2H])c1ccc(-c2cc(C([2H])([2H])C(C)C)cc[n+]2C)c(C)c1.[2H]C([2H])([2H])c1ccc(-c2cc(C)c(C([2H])(C)C([2H])([2H])[2H])c[n+]2C)c(C)c1.[2H]C([2H])([2H])c1ccc(-c2ccc(C([2H])([2H])C(C)C)c[n+]2C)c(C)c1. The highest BCUT2D eigenvalue weighted by molar-refractivity contribution is 5.65. The fourth-order valence-corrected chi connectivity index (χ4v) is 9.13. The van der Waals surface area contributed by atoms with E-state index in [1.54, 1.807) is 97.5 Å². The Balaban J connectivity index is 0.000000238. The van der Waals surface area contributed by atoms with Crippen LogP contribution in [-0.2, 0) is 47.3 Å². The van der Waals surface area contributed by atoms with Gasteiger partial charge in [-0.3, -0.25) is 0 Å². The van der Waals surface area contributed by atoms with Crippen LogP contribution < -0.4 is 18.3 Å². The number of pyridine rings is 4. The second kappa shape index (κ2) is 27.2. The number of hydrogen-bond acceptors (Lipinski definition) is 0. The predicted octanol–water partition coefficient (Wildman–Crippen LogP) is 16.6. The van der Waals surface area contributed by atoms with E-state index < -0.39 is 64.7 Å². The van der Waals surface area contributed by atoms with Crippen molar-refractivity contribution < 1.29 is 48.4 Å². The molecule has 0 amide bonds. The Bertz CT molecular complexity index is 4180. The van der Waals surface area contributed by atoms with Crippen LogP contribution in [0.25, 0.3) is 45.0 Å². The summed E-state index contributed by atoms with van der Waals surface area (Å²) in [6.45, 7) is 12.9. The quantitative estimate of drug-likeness (QED) is 0.121. The van der Waals surface area contributed by atoms with E-state index in [0.717, 1.165) is 67.3 Å². The first-order chi connectivity index (χ1) is 44.8. The Kier molecular flexibility index (Phi) is 12.9. The minimum absolute atomic E-state index is 0.122. The molecule has 1 unspecified atom stereocenters. The molecule has 1 atom stereocenters. The normalized spacial score (nSPS) is 17.6. The van der Waals surface area contributed by atoms with Gasteiger partial charge < -0.3 is 0 Å². The van der Waals surface area contributed by atoms with Crippen molar-refractivity contribution in [3.05, 3.63) is 212 Å². The van der Waals surface area contributed by atoms with E-state index in [4.69, 9.17) is 30.2 Å². The molecule has 8 rings (SSSR count). The van der Waals surface area contributed by atoms with Crippen LogP contribution in [-0.4, -0.2) is 0 Å². The third kappa shape index (κ3) is 17.8. The summed E-state index contributed by atoms with van der Waals surface area (Å²) in [5, 5.41) is 0. The summed E-state index contributed by atoms with van der Waals surface area (Å²) in [5.74, 6) is -1.98. The molecule has 4 aromatic carbocycles. The van der Waals surface area contributed by atoms with E-state index in [0.29, 0.717) is 44.5 Å². The second-order valence-electron chi connectivity index (χ2n) is 21.8. The van der Waals surface area contributed by atoms with E-state index >= 15 is 0 Å². The van der Waals surface area contributed by atoms with Crippen LogP contribution >= 0.6 is 0 Å². The average Bonchev–Trinajstić information content (AvgIpc) is 0.771. The monoisotopic (exact) mass is 1050 g/mol. The van der Waals surface area contributed by atoms with Crippen LogP contribution in [0.3, 0.4) is 0 Å². The van der Waals surface area contributed by atoms with Gasteiger partial charge in [0.2, 0.25) is 22.8 Å². The van der Waals surface area contributed by atoms with Gasteiger partial charge in [0.25, 0.3) is 0 Å². The van der Waals surface area contributed by atoms with Gasteiger partial charge in [-0.15, -0.1) is 0 Å². The molecule has 0 aliphatic rings. The molecule has 0 radical (unpaired) electrons. The summed E-state index contributed by atoms with van der Waals surface area (Å²) in [7, 11) is 7.49. The maximum Gasteiger partial charge on any atom is 0.212 e. The van der Waals surface area contributed by atoms with Crippen molar-refractivity contribution >= 4 is 0 Å². The number of rotatable bonds is 10. The lowest BCUT2D eigenvalue weighted by Crippen LogP contribution is -2.32. The Hall–Kier alpha value is -6.52. The van der Waals surface area contributed by atoms with Crippen LogP contribution in [0.4, 0.5) is 0 Å². The Labute approximate surface area is 499 Å². The second-order valence-corrected chi connectivity index (χ2v) is 21.8. The predicted molar refractivity (Wildman–Crippen MR) is 329 cm³/mol. The average molecular weight is 1050 g/mol. The molecular weight excluding hydrogens is 933 g/mol. The third-order valence-corrected chi connectivity index (χ3v) is 12.8. The van der Waals surface area contributed by atoms with Crippen molar-refractivity contribution in [2.45, 2.75) is 149 Å². The molecule has 4 heterocycles. The Morgan fingerprint density at radius 3 is 1.21 bits per heavy atom. The number of benzene rings is 4. The number of aryl methyl sites for hydroxylation is 13. The van der Waals surface area contributed by atoms with Crippen LogP contribution in [0.5, 0.6) is 0 Å². The molecule has 4 aromatic heterocycles. The van der Waals surface area contributed by atoms with Crippen molar-refractivity contribution in [2.75, 3.05) is 0 Å². The summed E-state index contributed by atoms with van der Waals surface area (Å²) >= 11 is 0. The smallest absolute Gasteiger partial charge is 0.201 e. The molecule has 0 saturated heterocycles. The van der Waals surface area contributed by atoms with Gasteiger partial charge in [0.1, 0.15) is 28.2 Å². The van der Waals surface area contributed by atoms with Gasteiger partial charge in [-0.2, -0.15) is 0 Å². The summed E-state index contributed by atoms with van der Waals surface area (Å²) in [5.41, 5.74) is 14.3. The molecule has 0 spiro atoms. The van der Waals surface area contributed by atoms with Crippen LogP contribution in [0, 0.1) is 79.3 Å². The number of aromatic nitrogens is 4. The number of nitrogens with zero attached hydrogens (tertiary/aromatic N) is 4. The van der Waals surface area contributed by atoms with Crippen molar-refractivity contribution in [3.63, 3.8) is 0 Å². The highest BCUT2D eigenvalue weighted by Crippen LogP contribution is 2.28. The standard InChI is InChI=1S/C19H26N.3C18H24N/c1-14-7-8-17(15(2)11-14)18-12-16(9-10-20(18)6)13-19(3,4)5;1-12(2)17-11-19(6)18(10-15(17)5)16-8-7-13(3)9-14(16)4;1-13(2)10-16-7-9-18(19(5)12-16)17-8-6-14(3)11-15(17)4;1-13(2)10-16-8-9-19(5)18(12-16)17-7-6-14(3)11-15(17)4/h7-12H,13H2,1-6H3;7-12H,1-6H3;2*6-9,11-13H,10H2,1-5H3/q4*+1/i1D3,13D2;1D3,3D3,12D;2*3D3,10D2. The minimum atomic E-state index is -2.44. The maximum absolute atomic E-state index is 8.50. The van der Waals surface area contributed by atoms with Crippen molar-refractivity contribution in [1.82, 2.24) is 0 Å². The number of hydrogen-bond donors (Lipinski definition) is 0. The first kappa shape index (κ1) is 36.6. The van der Waals surface area contributed by atoms with Gasteiger partial charge in [0, 0.05) is 99.9 Å². The highest BCUT2D eigenvalue weighted by Gasteiger charge is 2.20. The largest absolute Gasteiger partial charge is 0.212 e. The highest BCUT2D eigenvalue weighted by atomic mass is 14.9. The zero-order valence-corrected chi connectivity index (χ0v) is 48.7.